The fraction of sp³-hybridized carbons (Fsp3) is 0.357. The lowest BCUT2D eigenvalue weighted by atomic mass is 10.0. The van der Waals surface area contributed by atoms with E-state index in [1.807, 2.05) is 72.6 Å². The fourth-order valence-electron chi connectivity index (χ4n) is 4.07. The van der Waals surface area contributed by atoms with E-state index < -0.39 is 6.10 Å². The molecule has 0 spiro atoms. The molecule has 178 valence electrons. The number of carbonyl (C=O) groups is 1. The number of aryl methyl sites for hydroxylation is 1. The molecular formula is C28H32N2O4. The third kappa shape index (κ3) is 6.65. The van der Waals surface area contributed by atoms with Crippen molar-refractivity contribution < 1.29 is 19.4 Å². The summed E-state index contributed by atoms with van der Waals surface area (Å²) in [6, 6.07) is 19.9. The molecule has 3 aromatic rings. The molecule has 2 heterocycles. The number of benzene rings is 2. The number of morpholine rings is 1. The Morgan fingerprint density at radius 2 is 1.82 bits per heavy atom. The molecule has 6 nitrogen and oxygen atoms in total. The molecular weight excluding hydrogens is 428 g/mol. The van der Waals surface area contributed by atoms with Gasteiger partial charge < -0.3 is 19.5 Å². The van der Waals surface area contributed by atoms with Crippen LogP contribution in [0.4, 0.5) is 0 Å². The summed E-state index contributed by atoms with van der Waals surface area (Å²) in [7, 11) is 0. The number of aliphatic hydroxyl groups excluding tert-OH is 1. The van der Waals surface area contributed by atoms with E-state index in [0.29, 0.717) is 39.1 Å². The smallest absolute Gasteiger partial charge is 0.227 e. The van der Waals surface area contributed by atoms with Gasteiger partial charge in [-0.2, -0.15) is 0 Å². The minimum Gasteiger partial charge on any atom is -0.488 e. The Morgan fingerprint density at radius 1 is 1.06 bits per heavy atom. The van der Waals surface area contributed by atoms with Crippen LogP contribution in [0.3, 0.4) is 0 Å². The van der Waals surface area contributed by atoms with Gasteiger partial charge in [0.1, 0.15) is 11.9 Å². The van der Waals surface area contributed by atoms with Gasteiger partial charge in [-0.3, -0.25) is 9.78 Å². The van der Waals surface area contributed by atoms with Crippen molar-refractivity contribution in [3.63, 3.8) is 0 Å². The normalized spacial score (nSPS) is 15.5. The predicted octanol–water partition coefficient (Wildman–Crippen LogP) is 3.91. The van der Waals surface area contributed by atoms with Gasteiger partial charge in [-0.1, -0.05) is 42.5 Å². The lowest BCUT2D eigenvalue weighted by molar-refractivity contribution is -0.134. The SMILES string of the molecule is C[C@H](Oc1ccc(-c2cccc(CC(=O)N3CCOCC3)c2)cc1)[C@H](O)CCc1cccnc1. The number of amides is 1. The van der Waals surface area contributed by atoms with Crippen molar-refractivity contribution in [2.75, 3.05) is 26.3 Å². The van der Waals surface area contributed by atoms with Gasteiger partial charge in [0, 0.05) is 25.5 Å². The molecule has 4 rings (SSSR count). The maximum absolute atomic E-state index is 12.6. The summed E-state index contributed by atoms with van der Waals surface area (Å²) in [5, 5.41) is 10.5. The van der Waals surface area contributed by atoms with Crippen LogP contribution in [0.25, 0.3) is 11.1 Å². The Balaban J connectivity index is 1.32. The second-order valence-electron chi connectivity index (χ2n) is 8.68. The highest BCUT2D eigenvalue weighted by atomic mass is 16.5. The molecule has 2 aromatic carbocycles. The molecule has 1 saturated heterocycles. The summed E-state index contributed by atoms with van der Waals surface area (Å²) in [5.41, 5.74) is 4.22. The first-order chi connectivity index (χ1) is 16.6. The van der Waals surface area contributed by atoms with Gasteiger partial charge in [-0.05, 0) is 60.2 Å². The summed E-state index contributed by atoms with van der Waals surface area (Å²) in [6.45, 7) is 4.44. The zero-order valence-electron chi connectivity index (χ0n) is 19.6. The van der Waals surface area contributed by atoms with Gasteiger partial charge >= 0.3 is 0 Å². The number of hydrogen-bond donors (Lipinski definition) is 1. The number of hydrogen-bond acceptors (Lipinski definition) is 5. The van der Waals surface area contributed by atoms with Crippen molar-refractivity contribution in [2.45, 2.75) is 38.4 Å². The van der Waals surface area contributed by atoms with E-state index in [4.69, 9.17) is 9.47 Å². The lowest BCUT2D eigenvalue weighted by Crippen LogP contribution is -2.41. The monoisotopic (exact) mass is 460 g/mol. The Hall–Kier alpha value is -3.22. The highest BCUT2D eigenvalue weighted by Crippen LogP contribution is 2.25. The number of pyridine rings is 1. The summed E-state index contributed by atoms with van der Waals surface area (Å²) >= 11 is 0. The third-order valence-electron chi connectivity index (χ3n) is 6.15. The van der Waals surface area contributed by atoms with Gasteiger partial charge in [0.15, 0.2) is 0 Å². The summed E-state index contributed by atoms with van der Waals surface area (Å²) < 4.78 is 11.3. The zero-order chi connectivity index (χ0) is 23.8. The maximum Gasteiger partial charge on any atom is 0.227 e. The molecule has 0 unspecified atom stereocenters. The minimum atomic E-state index is -0.569. The van der Waals surface area contributed by atoms with Crippen LogP contribution in [0, 0.1) is 0 Å². The predicted molar refractivity (Wildman–Crippen MR) is 132 cm³/mol. The maximum atomic E-state index is 12.6. The average molecular weight is 461 g/mol. The molecule has 1 aliphatic heterocycles. The van der Waals surface area contributed by atoms with Crippen LogP contribution in [0.1, 0.15) is 24.5 Å². The van der Waals surface area contributed by atoms with Crippen molar-refractivity contribution in [1.82, 2.24) is 9.88 Å². The largest absolute Gasteiger partial charge is 0.488 e. The van der Waals surface area contributed by atoms with E-state index in [9.17, 15) is 9.90 Å². The molecule has 1 fully saturated rings. The summed E-state index contributed by atoms with van der Waals surface area (Å²) in [4.78, 5) is 18.6. The topological polar surface area (TPSA) is 71.9 Å². The van der Waals surface area contributed by atoms with Crippen LogP contribution in [0.5, 0.6) is 5.75 Å². The van der Waals surface area contributed by atoms with E-state index in [1.165, 1.54) is 0 Å². The molecule has 1 aliphatic rings. The number of ether oxygens (including phenoxy) is 2. The van der Waals surface area contributed by atoms with Crippen LogP contribution >= 0.6 is 0 Å². The van der Waals surface area contributed by atoms with Crippen LogP contribution < -0.4 is 4.74 Å². The first kappa shape index (κ1) is 23.9. The highest BCUT2D eigenvalue weighted by Gasteiger charge is 2.18. The standard InChI is InChI=1S/C28H32N2O4/c1-21(27(31)12-7-22-5-3-13-29-20-22)34-26-10-8-24(9-11-26)25-6-2-4-23(18-25)19-28(32)30-14-16-33-17-15-30/h2-6,8-11,13,18,20-21,27,31H,7,12,14-17,19H2,1H3/t21-,27+/m0/s1. The molecule has 1 amide bonds. The van der Waals surface area contributed by atoms with Crippen molar-refractivity contribution in [3.05, 3.63) is 84.2 Å². The van der Waals surface area contributed by atoms with Crippen molar-refractivity contribution in [3.8, 4) is 16.9 Å². The number of carbonyl (C=O) groups excluding carboxylic acids is 1. The molecule has 2 atom stereocenters. The van der Waals surface area contributed by atoms with Crippen LogP contribution in [0.15, 0.2) is 73.1 Å². The second kappa shape index (κ2) is 11.8. The number of rotatable bonds is 9. The third-order valence-corrected chi connectivity index (χ3v) is 6.15. The van der Waals surface area contributed by atoms with Crippen molar-refractivity contribution in [1.29, 1.82) is 0 Å². The first-order valence-corrected chi connectivity index (χ1v) is 11.9. The van der Waals surface area contributed by atoms with Gasteiger partial charge in [-0.15, -0.1) is 0 Å². The van der Waals surface area contributed by atoms with Crippen molar-refractivity contribution in [2.24, 2.45) is 0 Å². The van der Waals surface area contributed by atoms with Gasteiger partial charge in [0.25, 0.3) is 0 Å². The van der Waals surface area contributed by atoms with Crippen LogP contribution in [-0.4, -0.2) is 59.4 Å². The average Bonchev–Trinajstić information content (AvgIpc) is 2.89. The lowest BCUT2D eigenvalue weighted by Gasteiger charge is -2.27. The Morgan fingerprint density at radius 3 is 2.56 bits per heavy atom. The molecule has 6 heteroatoms. The number of nitrogens with zero attached hydrogens (tertiary/aromatic N) is 2. The van der Waals surface area contributed by atoms with E-state index >= 15 is 0 Å². The highest BCUT2D eigenvalue weighted by molar-refractivity contribution is 5.79. The van der Waals surface area contributed by atoms with Crippen molar-refractivity contribution >= 4 is 5.91 Å². The van der Waals surface area contributed by atoms with Crippen LogP contribution in [0.2, 0.25) is 0 Å². The van der Waals surface area contributed by atoms with E-state index in [-0.39, 0.29) is 12.0 Å². The zero-order valence-corrected chi connectivity index (χ0v) is 19.6. The molecule has 0 bridgehead atoms. The summed E-state index contributed by atoms with van der Waals surface area (Å²) in [5.74, 6) is 0.857. The number of aliphatic hydroxyl groups is 1. The molecule has 1 aromatic heterocycles. The fourth-order valence-corrected chi connectivity index (χ4v) is 4.07. The van der Waals surface area contributed by atoms with Crippen LogP contribution in [-0.2, 0) is 22.4 Å². The van der Waals surface area contributed by atoms with Gasteiger partial charge in [0.05, 0.1) is 25.7 Å². The van der Waals surface area contributed by atoms with Gasteiger partial charge in [0.2, 0.25) is 5.91 Å². The van der Waals surface area contributed by atoms with Gasteiger partial charge in [-0.25, -0.2) is 0 Å². The quantitative estimate of drug-likeness (QED) is 0.524. The Kier molecular flexibility index (Phi) is 8.28. The van der Waals surface area contributed by atoms with E-state index in [2.05, 4.69) is 11.1 Å². The second-order valence-corrected chi connectivity index (χ2v) is 8.68. The van der Waals surface area contributed by atoms with E-state index in [1.54, 1.807) is 6.20 Å². The molecule has 0 saturated carbocycles. The first-order valence-electron chi connectivity index (χ1n) is 11.9. The molecule has 34 heavy (non-hydrogen) atoms. The molecule has 1 N–H and O–H groups in total. The Labute approximate surface area is 201 Å². The Bertz CT molecular complexity index is 1050. The number of aromatic nitrogens is 1. The van der Waals surface area contributed by atoms with E-state index in [0.717, 1.165) is 34.4 Å². The minimum absolute atomic E-state index is 0.139. The molecule has 0 radical (unpaired) electrons. The summed E-state index contributed by atoms with van der Waals surface area (Å²) in [6.07, 6.45) is 4.44. The molecule has 0 aliphatic carbocycles.